The van der Waals surface area contributed by atoms with Gasteiger partial charge in [-0.3, -0.25) is 0 Å². The monoisotopic (exact) mass is 401 g/mol. The SMILES string of the molecule is CCS(=O)(=O)N1CCC2(CC1)Oc1ccccc1-c1ncn(CC3CCC3)c12. The fraction of sp³-hybridized carbons (Fsp3) is 0.571. The first-order chi connectivity index (χ1) is 13.5. The smallest absolute Gasteiger partial charge is 0.213 e. The molecule has 5 rings (SSSR count). The highest BCUT2D eigenvalue weighted by Gasteiger charge is 2.48. The Balaban J connectivity index is 1.54. The molecule has 1 aromatic heterocycles. The summed E-state index contributed by atoms with van der Waals surface area (Å²) in [5, 5.41) is 0. The van der Waals surface area contributed by atoms with Crippen molar-refractivity contribution in [1.82, 2.24) is 13.9 Å². The number of hydrogen-bond donors (Lipinski definition) is 0. The Morgan fingerprint density at radius 2 is 1.96 bits per heavy atom. The van der Waals surface area contributed by atoms with Gasteiger partial charge >= 0.3 is 0 Å². The summed E-state index contributed by atoms with van der Waals surface area (Å²) in [6, 6.07) is 8.07. The highest BCUT2D eigenvalue weighted by Crippen LogP contribution is 2.49. The van der Waals surface area contributed by atoms with E-state index in [4.69, 9.17) is 9.72 Å². The highest BCUT2D eigenvalue weighted by molar-refractivity contribution is 7.89. The van der Waals surface area contributed by atoms with E-state index in [9.17, 15) is 8.42 Å². The van der Waals surface area contributed by atoms with Gasteiger partial charge in [-0.05, 0) is 37.8 Å². The van der Waals surface area contributed by atoms with E-state index in [2.05, 4.69) is 10.6 Å². The maximum absolute atomic E-state index is 12.3. The third-order valence-electron chi connectivity index (χ3n) is 6.68. The van der Waals surface area contributed by atoms with Crippen molar-refractivity contribution in [3.8, 4) is 17.0 Å². The fourth-order valence-electron chi connectivity index (χ4n) is 4.81. The standard InChI is InChI=1S/C21H27N3O3S/c1-2-28(25,26)24-12-10-21(11-13-24)20-19(17-8-3-4-9-18(17)27-21)22-15-23(20)14-16-6-5-7-16/h3-4,8-9,15-16H,2,5-7,10-14H2,1H3. The number of hydrogen-bond acceptors (Lipinski definition) is 4. The molecule has 0 amide bonds. The van der Waals surface area contributed by atoms with Crippen LogP contribution in [0.2, 0.25) is 0 Å². The molecule has 0 atom stereocenters. The van der Waals surface area contributed by atoms with Crippen LogP contribution in [-0.4, -0.2) is 41.1 Å². The summed E-state index contributed by atoms with van der Waals surface area (Å²) >= 11 is 0. The third-order valence-corrected chi connectivity index (χ3v) is 8.57. The molecule has 2 aromatic rings. The molecule has 28 heavy (non-hydrogen) atoms. The molecule has 1 saturated carbocycles. The van der Waals surface area contributed by atoms with Crippen LogP contribution in [0, 0.1) is 5.92 Å². The van der Waals surface area contributed by atoms with Gasteiger partial charge in [-0.1, -0.05) is 18.6 Å². The first-order valence-corrected chi connectivity index (χ1v) is 12.0. The van der Waals surface area contributed by atoms with Gasteiger partial charge in [0.15, 0.2) is 5.60 Å². The maximum Gasteiger partial charge on any atom is 0.213 e. The van der Waals surface area contributed by atoms with Gasteiger partial charge in [0.05, 0.1) is 23.5 Å². The number of benzene rings is 1. The van der Waals surface area contributed by atoms with Crippen molar-refractivity contribution >= 4 is 10.0 Å². The second kappa shape index (κ2) is 6.59. The average Bonchev–Trinajstić information content (AvgIpc) is 3.10. The van der Waals surface area contributed by atoms with Gasteiger partial charge in [0.1, 0.15) is 5.75 Å². The van der Waals surface area contributed by atoms with Gasteiger partial charge in [-0.2, -0.15) is 0 Å². The Hall–Kier alpha value is -1.86. The van der Waals surface area contributed by atoms with Crippen LogP contribution in [0.1, 0.15) is 44.7 Å². The van der Waals surface area contributed by atoms with E-state index >= 15 is 0 Å². The lowest BCUT2D eigenvalue weighted by atomic mass is 9.82. The topological polar surface area (TPSA) is 64.4 Å². The van der Waals surface area contributed by atoms with Gasteiger partial charge in [-0.15, -0.1) is 0 Å². The zero-order valence-corrected chi connectivity index (χ0v) is 17.1. The first-order valence-electron chi connectivity index (χ1n) is 10.3. The Morgan fingerprint density at radius 1 is 1.21 bits per heavy atom. The van der Waals surface area contributed by atoms with Gasteiger partial charge in [0.25, 0.3) is 0 Å². The fourth-order valence-corrected chi connectivity index (χ4v) is 5.91. The van der Waals surface area contributed by atoms with Gasteiger partial charge in [0.2, 0.25) is 10.0 Å². The molecular weight excluding hydrogens is 374 g/mol. The molecule has 0 unspecified atom stereocenters. The van der Waals surface area contributed by atoms with Crippen molar-refractivity contribution in [3.63, 3.8) is 0 Å². The van der Waals surface area contributed by atoms with Crippen LogP contribution >= 0.6 is 0 Å². The number of para-hydroxylation sites is 1. The molecule has 0 bridgehead atoms. The molecule has 1 aliphatic carbocycles. The molecule has 150 valence electrons. The van der Waals surface area contributed by atoms with E-state index in [1.54, 1.807) is 11.2 Å². The van der Waals surface area contributed by atoms with E-state index < -0.39 is 15.6 Å². The molecule has 1 saturated heterocycles. The van der Waals surface area contributed by atoms with E-state index in [1.165, 1.54) is 19.3 Å². The number of imidazole rings is 1. The normalized spacial score (nSPS) is 21.6. The molecule has 7 heteroatoms. The summed E-state index contributed by atoms with van der Waals surface area (Å²) in [5.74, 6) is 1.72. The second-order valence-corrected chi connectivity index (χ2v) is 10.5. The number of ether oxygens (including phenoxy) is 1. The number of fused-ring (bicyclic) bond motifs is 4. The van der Waals surface area contributed by atoms with E-state index in [-0.39, 0.29) is 5.75 Å². The summed E-state index contributed by atoms with van der Waals surface area (Å²) in [6.45, 7) is 3.67. The molecule has 0 radical (unpaired) electrons. The minimum Gasteiger partial charge on any atom is -0.480 e. The van der Waals surface area contributed by atoms with Gasteiger partial charge < -0.3 is 9.30 Å². The predicted octanol–water partition coefficient (Wildman–Crippen LogP) is 3.38. The molecule has 1 spiro atoms. The van der Waals surface area contributed by atoms with E-state index in [0.717, 1.165) is 29.2 Å². The minimum absolute atomic E-state index is 0.147. The second-order valence-electron chi connectivity index (χ2n) is 8.28. The molecule has 2 aliphatic heterocycles. The lowest BCUT2D eigenvalue weighted by Gasteiger charge is -2.44. The van der Waals surface area contributed by atoms with Crippen LogP contribution in [0.3, 0.4) is 0 Å². The minimum atomic E-state index is -3.17. The van der Waals surface area contributed by atoms with E-state index in [1.807, 2.05) is 24.5 Å². The number of aromatic nitrogens is 2. The van der Waals surface area contributed by atoms with Crippen LogP contribution < -0.4 is 4.74 Å². The molecular formula is C21H27N3O3S. The zero-order chi connectivity index (χ0) is 19.4. The number of rotatable bonds is 4. The van der Waals surface area contributed by atoms with Crippen molar-refractivity contribution in [2.45, 2.75) is 51.2 Å². The van der Waals surface area contributed by atoms with Gasteiger partial charge in [-0.25, -0.2) is 17.7 Å². The summed E-state index contributed by atoms with van der Waals surface area (Å²) in [7, 11) is -3.17. The summed E-state index contributed by atoms with van der Waals surface area (Å²) in [4.78, 5) is 4.79. The zero-order valence-electron chi connectivity index (χ0n) is 16.3. The van der Waals surface area contributed by atoms with Gasteiger partial charge in [0, 0.05) is 38.0 Å². The number of piperidine rings is 1. The average molecular weight is 402 g/mol. The molecule has 2 fully saturated rings. The first kappa shape index (κ1) is 18.2. The van der Waals surface area contributed by atoms with Crippen molar-refractivity contribution < 1.29 is 13.2 Å². The van der Waals surface area contributed by atoms with Crippen molar-refractivity contribution in [1.29, 1.82) is 0 Å². The maximum atomic E-state index is 12.3. The summed E-state index contributed by atoms with van der Waals surface area (Å²) < 4.78 is 35.2. The third kappa shape index (κ3) is 2.78. The summed E-state index contributed by atoms with van der Waals surface area (Å²) in [6.07, 6.45) is 7.15. The lowest BCUT2D eigenvalue weighted by Crippen LogP contribution is -2.50. The molecule has 3 aliphatic rings. The quantitative estimate of drug-likeness (QED) is 0.788. The van der Waals surface area contributed by atoms with Crippen LogP contribution in [0.5, 0.6) is 5.75 Å². The Morgan fingerprint density at radius 3 is 2.64 bits per heavy atom. The van der Waals surface area contributed by atoms with Crippen molar-refractivity contribution in [3.05, 3.63) is 36.3 Å². The predicted molar refractivity (Wildman–Crippen MR) is 108 cm³/mol. The molecule has 0 N–H and O–H groups in total. The highest BCUT2D eigenvalue weighted by atomic mass is 32.2. The van der Waals surface area contributed by atoms with Crippen molar-refractivity contribution in [2.75, 3.05) is 18.8 Å². The molecule has 6 nitrogen and oxygen atoms in total. The van der Waals surface area contributed by atoms with Crippen LogP contribution in [0.25, 0.3) is 11.3 Å². The Labute approximate surface area is 166 Å². The van der Waals surface area contributed by atoms with Crippen LogP contribution in [-0.2, 0) is 22.2 Å². The van der Waals surface area contributed by atoms with Crippen molar-refractivity contribution in [2.24, 2.45) is 5.92 Å². The summed E-state index contributed by atoms with van der Waals surface area (Å²) in [5.41, 5.74) is 2.70. The lowest BCUT2D eigenvalue weighted by molar-refractivity contribution is 0.00556. The molecule has 1 aromatic carbocycles. The number of nitrogens with zero attached hydrogens (tertiary/aromatic N) is 3. The molecule has 3 heterocycles. The largest absolute Gasteiger partial charge is 0.480 e. The number of sulfonamides is 1. The van der Waals surface area contributed by atoms with Crippen LogP contribution in [0.15, 0.2) is 30.6 Å². The Kier molecular flexibility index (Phi) is 4.28. The van der Waals surface area contributed by atoms with Crippen LogP contribution in [0.4, 0.5) is 0 Å². The Bertz CT molecular complexity index is 986. The van der Waals surface area contributed by atoms with E-state index in [0.29, 0.717) is 31.8 Å².